The molecule has 4 aromatic rings. The number of rotatable bonds is 4. The highest BCUT2D eigenvalue weighted by molar-refractivity contribution is 6.42. The first-order chi connectivity index (χ1) is 13.1. The standard InChI is InChI=1S/C20H13Cl2N3O2/c21-15-3-1-2-13(19(15)22)10-18(26)24-14-4-5-17-16(11-14)25-20(27-17)12-6-8-23-9-7-12/h1-9,11H,10H2,(H,24,26). The fraction of sp³-hybridized carbons (Fsp3) is 0.0500. The molecule has 0 bridgehead atoms. The number of nitrogens with zero attached hydrogens (tertiary/aromatic N) is 2. The number of hydrogen-bond acceptors (Lipinski definition) is 4. The van der Waals surface area contributed by atoms with Crippen LogP contribution in [-0.2, 0) is 11.2 Å². The summed E-state index contributed by atoms with van der Waals surface area (Å²) >= 11 is 12.1. The predicted octanol–water partition coefficient (Wildman–Crippen LogP) is 5.38. The van der Waals surface area contributed by atoms with E-state index >= 15 is 0 Å². The van der Waals surface area contributed by atoms with Gasteiger partial charge in [0.15, 0.2) is 5.58 Å². The molecule has 0 saturated carbocycles. The molecule has 2 aromatic heterocycles. The number of carbonyl (C=O) groups is 1. The number of pyridine rings is 1. The molecule has 1 amide bonds. The van der Waals surface area contributed by atoms with Crippen molar-refractivity contribution in [2.45, 2.75) is 6.42 Å². The van der Waals surface area contributed by atoms with Gasteiger partial charge in [-0.15, -0.1) is 0 Å². The van der Waals surface area contributed by atoms with Crippen molar-refractivity contribution >= 4 is 45.9 Å². The van der Waals surface area contributed by atoms with Crippen molar-refractivity contribution in [2.24, 2.45) is 0 Å². The molecule has 2 heterocycles. The maximum absolute atomic E-state index is 12.3. The minimum atomic E-state index is -0.198. The highest BCUT2D eigenvalue weighted by Crippen LogP contribution is 2.27. The van der Waals surface area contributed by atoms with E-state index in [2.05, 4.69) is 15.3 Å². The molecule has 27 heavy (non-hydrogen) atoms. The van der Waals surface area contributed by atoms with E-state index in [-0.39, 0.29) is 12.3 Å². The van der Waals surface area contributed by atoms with Gasteiger partial charge < -0.3 is 9.73 Å². The molecule has 0 unspecified atom stereocenters. The SMILES string of the molecule is O=C(Cc1cccc(Cl)c1Cl)Nc1ccc2oc(-c3ccncc3)nc2c1. The number of oxazole rings is 1. The van der Waals surface area contributed by atoms with E-state index in [0.717, 1.165) is 5.56 Å². The van der Waals surface area contributed by atoms with Gasteiger partial charge in [0.1, 0.15) is 5.52 Å². The molecule has 0 spiro atoms. The topological polar surface area (TPSA) is 68.0 Å². The van der Waals surface area contributed by atoms with E-state index in [1.807, 2.05) is 12.1 Å². The van der Waals surface area contributed by atoms with Crippen molar-refractivity contribution in [3.8, 4) is 11.5 Å². The summed E-state index contributed by atoms with van der Waals surface area (Å²) in [7, 11) is 0. The molecule has 134 valence electrons. The Balaban J connectivity index is 1.54. The number of amides is 1. The number of carbonyl (C=O) groups excluding carboxylic acids is 1. The van der Waals surface area contributed by atoms with E-state index < -0.39 is 0 Å². The van der Waals surface area contributed by atoms with Gasteiger partial charge in [-0.1, -0.05) is 35.3 Å². The molecule has 0 atom stereocenters. The first-order valence-electron chi connectivity index (χ1n) is 8.14. The number of anilines is 1. The molecule has 0 saturated heterocycles. The van der Waals surface area contributed by atoms with Gasteiger partial charge in [-0.3, -0.25) is 9.78 Å². The number of nitrogens with one attached hydrogen (secondary N) is 1. The summed E-state index contributed by atoms with van der Waals surface area (Å²) < 4.78 is 5.75. The van der Waals surface area contributed by atoms with Crippen LogP contribution in [0.4, 0.5) is 5.69 Å². The van der Waals surface area contributed by atoms with Crippen LogP contribution in [0, 0.1) is 0 Å². The van der Waals surface area contributed by atoms with Gasteiger partial charge in [-0.05, 0) is 42.0 Å². The van der Waals surface area contributed by atoms with Crippen LogP contribution in [0.2, 0.25) is 10.0 Å². The number of aromatic nitrogens is 2. The second-order valence-corrected chi connectivity index (χ2v) is 6.66. The van der Waals surface area contributed by atoms with E-state index in [1.165, 1.54) is 0 Å². The summed E-state index contributed by atoms with van der Waals surface area (Å²) in [4.78, 5) is 20.8. The smallest absolute Gasteiger partial charge is 0.228 e. The number of benzene rings is 2. The van der Waals surface area contributed by atoms with Crippen molar-refractivity contribution in [1.82, 2.24) is 9.97 Å². The summed E-state index contributed by atoms with van der Waals surface area (Å²) in [5.74, 6) is 0.304. The molecule has 0 aliphatic heterocycles. The summed E-state index contributed by atoms with van der Waals surface area (Å²) in [5.41, 5.74) is 3.42. The lowest BCUT2D eigenvalue weighted by molar-refractivity contribution is -0.115. The monoisotopic (exact) mass is 397 g/mol. The molecule has 5 nitrogen and oxygen atoms in total. The molecule has 0 radical (unpaired) electrons. The zero-order valence-corrected chi connectivity index (χ0v) is 15.5. The Bertz CT molecular complexity index is 1130. The Morgan fingerprint density at radius 2 is 1.89 bits per heavy atom. The summed E-state index contributed by atoms with van der Waals surface area (Å²) in [6, 6.07) is 14.2. The lowest BCUT2D eigenvalue weighted by atomic mass is 10.1. The van der Waals surface area contributed by atoms with Crippen molar-refractivity contribution in [3.05, 3.63) is 76.5 Å². The van der Waals surface area contributed by atoms with E-state index in [9.17, 15) is 4.79 Å². The van der Waals surface area contributed by atoms with Crippen LogP contribution in [0.5, 0.6) is 0 Å². The van der Waals surface area contributed by atoms with Crippen LogP contribution < -0.4 is 5.32 Å². The summed E-state index contributed by atoms with van der Waals surface area (Å²) in [6.45, 7) is 0. The quantitative estimate of drug-likeness (QED) is 0.501. The fourth-order valence-electron chi connectivity index (χ4n) is 2.69. The predicted molar refractivity (Wildman–Crippen MR) is 106 cm³/mol. The van der Waals surface area contributed by atoms with Gasteiger partial charge in [0, 0.05) is 23.6 Å². The van der Waals surface area contributed by atoms with E-state index in [0.29, 0.717) is 38.3 Å². The van der Waals surface area contributed by atoms with Crippen LogP contribution >= 0.6 is 23.2 Å². The molecule has 1 N–H and O–H groups in total. The van der Waals surface area contributed by atoms with Crippen LogP contribution in [0.15, 0.2) is 65.3 Å². The molecular weight excluding hydrogens is 385 g/mol. The second kappa shape index (κ2) is 7.39. The Kier molecular flexibility index (Phi) is 4.79. The molecule has 0 fully saturated rings. The van der Waals surface area contributed by atoms with Gasteiger partial charge >= 0.3 is 0 Å². The van der Waals surface area contributed by atoms with Gasteiger partial charge in [0.2, 0.25) is 11.8 Å². The minimum Gasteiger partial charge on any atom is -0.436 e. The molecule has 0 aliphatic rings. The summed E-state index contributed by atoms with van der Waals surface area (Å²) in [6.07, 6.45) is 3.48. The van der Waals surface area contributed by atoms with Crippen LogP contribution in [0.1, 0.15) is 5.56 Å². The van der Waals surface area contributed by atoms with Gasteiger partial charge in [0.05, 0.1) is 16.5 Å². The van der Waals surface area contributed by atoms with Gasteiger partial charge in [-0.2, -0.15) is 0 Å². The Morgan fingerprint density at radius 3 is 2.70 bits per heavy atom. The molecular formula is C20H13Cl2N3O2. The first-order valence-corrected chi connectivity index (χ1v) is 8.89. The average Bonchev–Trinajstić information content (AvgIpc) is 3.09. The molecule has 7 heteroatoms. The summed E-state index contributed by atoms with van der Waals surface area (Å²) in [5, 5.41) is 3.66. The molecule has 2 aromatic carbocycles. The normalized spacial score (nSPS) is 10.9. The van der Waals surface area contributed by atoms with E-state index in [4.69, 9.17) is 27.6 Å². The highest BCUT2D eigenvalue weighted by Gasteiger charge is 2.12. The third kappa shape index (κ3) is 3.79. The second-order valence-electron chi connectivity index (χ2n) is 5.88. The Hall–Kier alpha value is -2.89. The lowest BCUT2D eigenvalue weighted by Gasteiger charge is -2.07. The maximum atomic E-state index is 12.3. The van der Waals surface area contributed by atoms with Crippen LogP contribution in [-0.4, -0.2) is 15.9 Å². The number of hydrogen-bond donors (Lipinski definition) is 1. The van der Waals surface area contributed by atoms with Crippen molar-refractivity contribution < 1.29 is 9.21 Å². The zero-order chi connectivity index (χ0) is 18.8. The Morgan fingerprint density at radius 1 is 1.07 bits per heavy atom. The number of fused-ring (bicyclic) bond motifs is 1. The largest absolute Gasteiger partial charge is 0.436 e. The number of halogens is 2. The van der Waals surface area contributed by atoms with Gasteiger partial charge in [-0.25, -0.2) is 4.98 Å². The minimum absolute atomic E-state index is 0.124. The van der Waals surface area contributed by atoms with E-state index in [1.54, 1.807) is 48.8 Å². The van der Waals surface area contributed by atoms with Gasteiger partial charge in [0.25, 0.3) is 0 Å². The van der Waals surface area contributed by atoms with Crippen LogP contribution in [0.3, 0.4) is 0 Å². The highest BCUT2D eigenvalue weighted by atomic mass is 35.5. The van der Waals surface area contributed by atoms with Crippen molar-refractivity contribution in [1.29, 1.82) is 0 Å². The molecule has 0 aliphatic carbocycles. The first kappa shape index (κ1) is 17.5. The average molecular weight is 398 g/mol. The van der Waals surface area contributed by atoms with Crippen molar-refractivity contribution in [3.63, 3.8) is 0 Å². The fourth-order valence-corrected chi connectivity index (χ4v) is 3.07. The van der Waals surface area contributed by atoms with Crippen molar-refractivity contribution in [2.75, 3.05) is 5.32 Å². The zero-order valence-electron chi connectivity index (χ0n) is 13.9. The lowest BCUT2D eigenvalue weighted by Crippen LogP contribution is -2.14. The van der Waals surface area contributed by atoms with Crippen LogP contribution in [0.25, 0.3) is 22.6 Å². The third-order valence-electron chi connectivity index (χ3n) is 3.98. The third-order valence-corrected chi connectivity index (χ3v) is 4.84. The Labute approximate surface area is 165 Å². The maximum Gasteiger partial charge on any atom is 0.228 e. The molecule has 4 rings (SSSR count).